The van der Waals surface area contributed by atoms with Gasteiger partial charge in [0.15, 0.2) is 5.78 Å². The van der Waals surface area contributed by atoms with Gasteiger partial charge in [0, 0.05) is 12.0 Å². The van der Waals surface area contributed by atoms with Crippen molar-refractivity contribution in [2.24, 2.45) is 0 Å². The van der Waals surface area contributed by atoms with Crippen molar-refractivity contribution in [2.45, 2.75) is 46.6 Å². The van der Waals surface area contributed by atoms with Gasteiger partial charge in [-0.2, -0.15) is 0 Å². The lowest BCUT2D eigenvalue weighted by Gasteiger charge is -2.18. The molecule has 0 fully saturated rings. The van der Waals surface area contributed by atoms with Crippen molar-refractivity contribution in [3.8, 4) is 0 Å². The molecule has 0 aromatic rings. The van der Waals surface area contributed by atoms with Crippen molar-refractivity contribution in [3.05, 3.63) is 11.8 Å². The molecule has 0 amide bonds. The van der Waals surface area contributed by atoms with Gasteiger partial charge in [0.05, 0.1) is 11.9 Å². The van der Waals surface area contributed by atoms with Crippen molar-refractivity contribution in [3.63, 3.8) is 0 Å². The van der Waals surface area contributed by atoms with E-state index in [4.69, 9.17) is 4.74 Å². The maximum atomic E-state index is 11.1. The van der Waals surface area contributed by atoms with Crippen LogP contribution in [-0.2, 0) is 9.53 Å². The van der Waals surface area contributed by atoms with Crippen molar-refractivity contribution < 1.29 is 9.53 Å². The molecule has 0 bridgehead atoms. The Balaban J connectivity index is 4.10. The van der Waals surface area contributed by atoms with Crippen LogP contribution in [-0.4, -0.2) is 11.4 Å². The predicted octanol–water partition coefficient (Wildman–Crippen LogP) is 2.68. The third-order valence-corrected chi connectivity index (χ3v) is 1.35. The van der Waals surface area contributed by atoms with Gasteiger partial charge in [-0.3, -0.25) is 4.79 Å². The second-order valence-corrected chi connectivity index (χ2v) is 3.81. The number of rotatable bonds is 3. The van der Waals surface area contributed by atoms with Crippen molar-refractivity contribution >= 4 is 5.78 Å². The van der Waals surface area contributed by atoms with E-state index in [9.17, 15) is 4.79 Å². The quantitative estimate of drug-likeness (QED) is 0.481. The van der Waals surface area contributed by atoms with Crippen LogP contribution in [0.25, 0.3) is 0 Å². The third kappa shape index (κ3) is 4.94. The molecule has 0 heterocycles. The van der Waals surface area contributed by atoms with Gasteiger partial charge in [-0.15, -0.1) is 0 Å². The summed E-state index contributed by atoms with van der Waals surface area (Å²) in [7, 11) is 0. The number of ether oxygens (including phenoxy) is 1. The van der Waals surface area contributed by atoms with E-state index in [0.717, 1.165) is 0 Å². The Morgan fingerprint density at radius 2 is 1.92 bits per heavy atom. The zero-order chi connectivity index (χ0) is 9.78. The maximum Gasteiger partial charge on any atom is 0.161 e. The average Bonchev–Trinajstić information content (AvgIpc) is 1.97. The smallest absolute Gasteiger partial charge is 0.161 e. The van der Waals surface area contributed by atoms with Crippen LogP contribution in [0.15, 0.2) is 11.8 Å². The van der Waals surface area contributed by atoms with Crippen molar-refractivity contribution in [1.82, 2.24) is 0 Å². The molecule has 0 aliphatic rings. The van der Waals surface area contributed by atoms with E-state index in [2.05, 4.69) is 0 Å². The highest BCUT2D eigenvalue weighted by molar-refractivity contribution is 5.94. The zero-order valence-electron chi connectivity index (χ0n) is 8.60. The molecule has 0 rings (SSSR count). The van der Waals surface area contributed by atoms with Crippen LogP contribution in [0.3, 0.4) is 0 Å². The van der Waals surface area contributed by atoms with Gasteiger partial charge in [-0.1, -0.05) is 6.92 Å². The van der Waals surface area contributed by atoms with E-state index in [0.29, 0.717) is 12.0 Å². The third-order valence-electron chi connectivity index (χ3n) is 1.35. The molecule has 0 unspecified atom stereocenters. The van der Waals surface area contributed by atoms with Gasteiger partial charge in [0.25, 0.3) is 0 Å². The van der Waals surface area contributed by atoms with E-state index >= 15 is 0 Å². The summed E-state index contributed by atoms with van der Waals surface area (Å²) in [6.45, 7) is 9.47. The fourth-order valence-corrected chi connectivity index (χ4v) is 0.610. The highest BCUT2D eigenvalue weighted by Gasteiger charge is 2.09. The Morgan fingerprint density at radius 3 is 2.25 bits per heavy atom. The summed E-state index contributed by atoms with van der Waals surface area (Å²) in [4.78, 5) is 11.1. The lowest BCUT2D eigenvalue weighted by molar-refractivity contribution is -0.115. The molecule has 2 nitrogen and oxygen atoms in total. The topological polar surface area (TPSA) is 26.3 Å². The van der Waals surface area contributed by atoms with Crippen LogP contribution < -0.4 is 0 Å². The molecule has 0 radical (unpaired) electrons. The van der Waals surface area contributed by atoms with Gasteiger partial charge < -0.3 is 4.74 Å². The molecule has 0 saturated heterocycles. The molecule has 2 heteroatoms. The SMILES string of the molecule is CCC(=O)/C(C)=C/OC(C)(C)C. The first-order chi connectivity index (χ1) is 5.37. The second-order valence-electron chi connectivity index (χ2n) is 3.81. The fourth-order valence-electron chi connectivity index (χ4n) is 0.610. The van der Waals surface area contributed by atoms with Crippen molar-refractivity contribution in [1.29, 1.82) is 0 Å². The zero-order valence-corrected chi connectivity index (χ0v) is 8.60. The largest absolute Gasteiger partial charge is 0.495 e. The second kappa shape index (κ2) is 4.29. The molecule has 70 valence electrons. The summed E-state index contributed by atoms with van der Waals surface area (Å²) in [5.74, 6) is 0.138. The van der Waals surface area contributed by atoms with Gasteiger partial charge in [-0.05, 0) is 27.7 Å². The summed E-state index contributed by atoms with van der Waals surface area (Å²) < 4.78 is 5.33. The van der Waals surface area contributed by atoms with Crippen LogP contribution in [0.2, 0.25) is 0 Å². The Bertz CT molecular complexity index is 185. The highest BCUT2D eigenvalue weighted by atomic mass is 16.5. The molecule has 0 N–H and O–H groups in total. The molecular formula is C10H18O2. The molecule has 12 heavy (non-hydrogen) atoms. The minimum Gasteiger partial charge on any atom is -0.495 e. The van der Waals surface area contributed by atoms with Gasteiger partial charge in [-0.25, -0.2) is 0 Å². The minimum absolute atomic E-state index is 0.138. The number of Topliss-reactive ketones (excluding diaryl/α,β-unsaturated/α-hetero) is 1. The van der Waals surface area contributed by atoms with E-state index < -0.39 is 0 Å². The number of allylic oxidation sites excluding steroid dienone is 1. The Kier molecular flexibility index (Phi) is 4.01. The molecular weight excluding hydrogens is 152 g/mol. The number of hydrogen-bond acceptors (Lipinski definition) is 2. The molecule has 0 atom stereocenters. The first-order valence-electron chi connectivity index (χ1n) is 4.24. The Labute approximate surface area is 74.6 Å². The summed E-state index contributed by atoms with van der Waals surface area (Å²) >= 11 is 0. The highest BCUT2D eigenvalue weighted by Crippen LogP contribution is 2.09. The molecule has 0 aliphatic heterocycles. The van der Waals surface area contributed by atoms with Crippen LogP contribution in [0, 0.1) is 0 Å². The van der Waals surface area contributed by atoms with Crippen LogP contribution in [0.1, 0.15) is 41.0 Å². The van der Waals surface area contributed by atoms with E-state index in [1.807, 2.05) is 27.7 Å². The van der Waals surface area contributed by atoms with Gasteiger partial charge in [0.2, 0.25) is 0 Å². The number of hydrogen-bond donors (Lipinski definition) is 0. The van der Waals surface area contributed by atoms with E-state index in [1.54, 1.807) is 13.2 Å². The monoisotopic (exact) mass is 170 g/mol. The lowest BCUT2D eigenvalue weighted by atomic mass is 10.1. The standard InChI is InChI=1S/C10H18O2/c1-6-9(11)8(2)7-12-10(3,4)5/h7H,6H2,1-5H3/b8-7+. The first-order valence-corrected chi connectivity index (χ1v) is 4.24. The van der Waals surface area contributed by atoms with Crippen LogP contribution >= 0.6 is 0 Å². The van der Waals surface area contributed by atoms with Gasteiger partial charge >= 0.3 is 0 Å². The number of ketones is 1. The fraction of sp³-hybridized carbons (Fsp3) is 0.700. The molecule has 0 aliphatic carbocycles. The van der Waals surface area contributed by atoms with Gasteiger partial charge in [0.1, 0.15) is 0 Å². The molecule has 0 aromatic heterocycles. The summed E-state index contributed by atoms with van der Waals surface area (Å²) in [6.07, 6.45) is 2.08. The van der Waals surface area contributed by atoms with Crippen LogP contribution in [0.4, 0.5) is 0 Å². The number of carbonyl (C=O) groups excluding carboxylic acids is 1. The molecule has 0 aromatic carbocycles. The van der Waals surface area contributed by atoms with E-state index in [1.165, 1.54) is 0 Å². The maximum absolute atomic E-state index is 11.1. The number of carbonyl (C=O) groups is 1. The van der Waals surface area contributed by atoms with E-state index in [-0.39, 0.29) is 11.4 Å². The molecule has 0 spiro atoms. The summed E-state index contributed by atoms with van der Waals surface area (Å²) in [6, 6.07) is 0. The Hall–Kier alpha value is -0.790. The van der Waals surface area contributed by atoms with Crippen molar-refractivity contribution in [2.75, 3.05) is 0 Å². The Morgan fingerprint density at radius 1 is 1.42 bits per heavy atom. The molecule has 0 saturated carbocycles. The minimum atomic E-state index is -0.213. The predicted molar refractivity (Wildman–Crippen MR) is 49.9 cm³/mol. The average molecular weight is 170 g/mol. The lowest BCUT2D eigenvalue weighted by Crippen LogP contribution is -2.16. The summed E-state index contributed by atoms with van der Waals surface area (Å²) in [5, 5.41) is 0. The van der Waals surface area contributed by atoms with Crippen LogP contribution in [0.5, 0.6) is 0 Å². The summed E-state index contributed by atoms with van der Waals surface area (Å²) in [5.41, 5.74) is 0.474. The first kappa shape index (κ1) is 11.2. The normalized spacial score (nSPS) is 12.9.